The average molecular weight is 650 g/mol. The normalized spacial score (nSPS) is 10.0. The molecule has 2 heterocycles. The van der Waals surface area contributed by atoms with Gasteiger partial charge in [0, 0.05) is 53.4 Å². The maximum absolute atomic E-state index is 12.3. The Kier molecular flexibility index (Phi) is 15.2. The second-order valence-electron chi connectivity index (χ2n) is 10.6. The van der Waals surface area contributed by atoms with Crippen molar-refractivity contribution >= 4 is 55.9 Å². The number of aromatic hydroxyl groups is 1. The maximum Gasteiger partial charge on any atom is 0.319 e. The second kappa shape index (κ2) is 19.6. The van der Waals surface area contributed by atoms with Crippen molar-refractivity contribution in [3.05, 3.63) is 130 Å². The van der Waals surface area contributed by atoms with Crippen LogP contribution in [0.3, 0.4) is 0 Å². The fourth-order valence-electron chi connectivity index (χ4n) is 4.83. The number of phenolic OH excluding ortho intramolecular Hbond substituents is 1. The van der Waals surface area contributed by atoms with E-state index in [-0.39, 0.29) is 6.03 Å². The number of thiophene rings is 2. The highest BCUT2D eigenvalue weighted by Gasteiger charge is 2.13. The van der Waals surface area contributed by atoms with Crippen molar-refractivity contribution in [1.82, 2.24) is 9.80 Å². The topological polar surface area (TPSA) is 69.8 Å². The monoisotopic (exact) mass is 649 g/mol. The molecule has 46 heavy (non-hydrogen) atoms. The molecule has 4 aromatic carbocycles. The Morgan fingerprint density at radius 1 is 0.652 bits per heavy atom. The molecule has 6 aromatic rings. The number of hydrogen-bond donors (Lipinski definition) is 2. The second-order valence-corrected chi connectivity index (χ2v) is 12.6. The van der Waals surface area contributed by atoms with Crippen molar-refractivity contribution in [2.45, 2.75) is 25.7 Å². The molecule has 0 bridgehead atoms. The predicted octanol–water partition coefficient (Wildman–Crippen LogP) is 9.58. The van der Waals surface area contributed by atoms with Gasteiger partial charge < -0.3 is 20.6 Å². The molecule has 0 aliphatic rings. The molecule has 2 amide bonds. The fourth-order valence-corrected chi connectivity index (χ4v) is 6.33. The minimum atomic E-state index is 0.123. The van der Waals surface area contributed by atoms with E-state index in [1.54, 1.807) is 28.7 Å². The predicted molar refractivity (Wildman–Crippen MR) is 200 cm³/mol. The first-order valence-corrected chi connectivity index (χ1v) is 16.9. The van der Waals surface area contributed by atoms with Crippen LogP contribution in [0, 0.1) is 12.8 Å². The van der Waals surface area contributed by atoms with Crippen LogP contribution < -0.4 is 5.73 Å². The molecule has 0 atom stereocenters. The quantitative estimate of drug-likeness (QED) is 0.127. The number of anilines is 1. The first-order valence-electron chi connectivity index (χ1n) is 15.2. The summed E-state index contributed by atoms with van der Waals surface area (Å²) < 4.78 is 0. The number of terminal acetylenes is 1. The highest BCUT2D eigenvalue weighted by molar-refractivity contribution is 7.10. The minimum absolute atomic E-state index is 0.123. The van der Waals surface area contributed by atoms with Crippen molar-refractivity contribution in [2.75, 3.05) is 32.9 Å². The molecule has 0 fully saturated rings. The third-order valence-electron chi connectivity index (χ3n) is 7.24. The molecule has 5 nitrogen and oxygen atoms in total. The van der Waals surface area contributed by atoms with Gasteiger partial charge in [-0.3, -0.25) is 0 Å². The summed E-state index contributed by atoms with van der Waals surface area (Å²) in [6, 6.07) is 35.9. The van der Waals surface area contributed by atoms with Crippen molar-refractivity contribution in [1.29, 1.82) is 0 Å². The van der Waals surface area contributed by atoms with Crippen molar-refractivity contribution in [3.63, 3.8) is 0 Å². The number of carbonyl (C=O) groups excluding carboxylic acids is 1. The molecule has 0 saturated carbocycles. The lowest BCUT2D eigenvalue weighted by atomic mass is 10.1. The molecule has 0 spiro atoms. The number of rotatable bonds is 8. The molecule has 0 saturated heterocycles. The third-order valence-corrected chi connectivity index (χ3v) is 9.11. The number of hydrogen-bond acceptors (Lipinski definition) is 5. The fraction of sp³-hybridized carbons (Fsp3) is 0.205. The van der Waals surface area contributed by atoms with E-state index in [1.165, 1.54) is 15.1 Å². The highest BCUT2D eigenvalue weighted by Crippen LogP contribution is 2.23. The highest BCUT2D eigenvalue weighted by atomic mass is 32.1. The number of nitrogen functional groups attached to an aromatic ring is 1. The Bertz CT molecular complexity index is 1610. The van der Waals surface area contributed by atoms with Crippen molar-refractivity contribution < 1.29 is 9.90 Å². The van der Waals surface area contributed by atoms with Gasteiger partial charge in [-0.25, -0.2) is 4.79 Å². The largest absolute Gasteiger partial charge is 0.507 e. The Hall–Kier alpha value is -4.77. The van der Waals surface area contributed by atoms with Gasteiger partial charge in [-0.1, -0.05) is 84.9 Å². The number of nitrogens with zero attached hydrogens (tertiary/aromatic N) is 2. The lowest BCUT2D eigenvalue weighted by molar-refractivity contribution is 0.172. The Balaban J connectivity index is 0.000000200. The Labute approximate surface area is 281 Å². The van der Waals surface area contributed by atoms with E-state index in [0.29, 0.717) is 5.75 Å². The van der Waals surface area contributed by atoms with Crippen LogP contribution in [0.1, 0.15) is 22.6 Å². The standard InChI is InChI=1S/C17H24N2OS2.C10H9N.C10H8O.C2H2/c1-18(11-3-7-15-9-5-13-21-15)17(20)19(2)12-4-8-16-10-6-14-22-16;2*11-10-7-3-5-8-4-1-2-6-9(8)10;1-2/h5-6,9-10,13-14H,3-4,7-8,11-12H2,1-2H3;1-7H,11H2;1-7,11H;1-2H. The summed E-state index contributed by atoms with van der Waals surface area (Å²) in [5.41, 5.74) is 6.61. The zero-order chi connectivity index (χ0) is 33.1. The maximum atomic E-state index is 12.3. The van der Waals surface area contributed by atoms with Crippen LogP contribution in [0.4, 0.5) is 10.5 Å². The average Bonchev–Trinajstić information content (AvgIpc) is 3.82. The molecule has 2 aromatic heterocycles. The van der Waals surface area contributed by atoms with Gasteiger partial charge in [-0.2, -0.15) is 0 Å². The summed E-state index contributed by atoms with van der Waals surface area (Å²) in [7, 11) is 3.79. The summed E-state index contributed by atoms with van der Waals surface area (Å²) in [4.78, 5) is 18.7. The number of fused-ring (bicyclic) bond motifs is 2. The van der Waals surface area contributed by atoms with Crippen LogP contribution in [-0.2, 0) is 12.8 Å². The summed E-state index contributed by atoms with van der Waals surface area (Å²) in [5, 5.41) is 17.9. The first kappa shape index (κ1) is 35.7. The molecule has 3 N–H and O–H groups in total. The lowest BCUT2D eigenvalue weighted by Crippen LogP contribution is -2.39. The van der Waals surface area contributed by atoms with Gasteiger partial charge in [0.1, 0.15) is 5.75 Å². The zero-order valence-electron chi connectivity index (χ0n) is 26.6. The van der Waals surface area contributed by atoms with Crippen molar-refractivity contribution in [2.24, 2.45) is 0 Å². The molecular formula is C39H43N3O2S2. The molecule has 6 rings (SSSR count). The third kappa shape index (κ3) is 11.3. The molecular weight excluding hydrogens is 607 g/mol. The van der Waals surface area contributed by atoms with Crippen LogP contribution in [0.15, 0.2) is 120 Å². The number of benzene rings is 4. The Morgan fingerprint density at radius 2 is 1.11 bits per heavy atom. The van der Waals surface area contributed by atoms with Gasteiger partial charge in [0.15, 0.2) is 0 Å². The van der Waals surface area contributed by atoms with E-state index in [4.69, 9.17) is 5.73 Å². The van der Waals surface area contributed by atoms with Crippen molar-refractivity contribution in [3.8, 4) is 18.6 Å². The number of nitrogens with two attached hydrogens (primary N) is 1. The van der Waals surface area contributed by atoms with Crippen LogP contribution in [0.5, 0.6) is 5.75 Å². The van der Waals surface area contributed by atoms with E-state index >= 15 is 0 Å². The number of amides is 2. The first-order chi connectivity index (χ1) is 22.4. The van der Waals surface area contributed by atoms with E-state index in [1.807, 2.05) is 90.6 Å². The van der Waals surface area contributed by atoms with Gasteiger partial charge in [0.05, 0.1) is 0 Å². The van der Waals surface area contributed by atoms with Gasteiger partial charge in [0.25, 0.3) is 0 Å². The number of aryl methyl sites for hydroxylation is 2. The number of carbonyl (C=O) groups is 1. The number of phenols is 1. The molecule has 0 aliphatic carbocycles. The molecule has 0 aliphatic heterocycles. The summed E-state index contributed by atoms with van der Waals surface area (Å²) in [6.45, 7) is 1.62. The molecule has 7 heteroatoms. The van der Waals surface area contributed by atoms with E-state index < -0.39 is 0 Å². The van der Waals surface area contributed by atoms with E-state index in [2.05, 4.69) is 60.0 Å². The van der Waals surface area contributed by atoms with Gasteiger partial charge in [-0.05, 0) is 71.5 Å². The summed E-state index contributed by atoms with van der Waals surface area (Å²) in [5.74, 6) is 0.350. The van der Waals surface area contributed by atoms with Crippen LogP contribution in [0.2, 0.25) is 0 Å². The van der Waals surface area contributed by atoms with Crippen LogP contribution in [-0.4, -0.2) is 48.1 Å². The summed E-state index contributed by atoms with van der Waals surface area (Å²) in [6.07, 6.45) is 12.1. The van der Waals surface area contributed by atoms with E-state index in [0.717, 1.165) is 60.6 Å². The zero-order valence-corrected chi connectivity index (χ0v) is 28.2. The Morgan fingerprint density at radius 3 is 1.59 bits per heavy atom. The lowest BCUT2D eigenvalue weighted by Gasteiger charge is -2.24. The smallest absolute Gasteiger partial charge is 0.319 e. The van der Waals surface area contributed by atoms with Gasteiger partial charge in [0.2, 0.25) is 0 Å². The van der Waals surface area contributed by atoms with Crippen LogP contribution in [0.25, 0.3) is 21.5 Å². The molecule has 238 valence electrons. The molecule has 0 radical (unpaired) electrons. The van der Waals surface area contributed by atoms with Gasteiger partial charge in [-0.15, -0.1) is 35.5 Å². The SMILES string of the molecule is C#C.CN(CCCc1cccs1)C(=O)N(C)CCCc1cccs1.Nc1cccc2ccccc12.Oc1cccc2ccccc12. The van der Waals surface area contributed by atoms with Crippen LogP contribution >= 0.6 is 22.7 Å². The number of urea groups is 1. The molecule has 0 unspecified atom stereocenters. The minimum Gasteiger partial charge on any atom is -0.507 e. The van der Waals surface area contributed by atoms with E-state index in [9.17, 15) is 9.90 Å². The summed E-state index contributed by atoms with van der Waals surface area (Å²) >= 11 is 3.57. The van der Waals surface area contributed by atoms with Gasteiger partial charge >= 0.3 is 6.03 Å².